The Morgan fingerprint density at radius 2 is 1.79 bits per heavy atom. The summed E-state index contributed by atoms with van der Waals surface area (Å²) in [7, 11) is 1.49. The Hall–Kier alpha value is -3.85. The average molecular weight is 456 g/mol. The highest BCUT2D eigenvalue weighted by Crippen LogP contribution is 2.29. The number of carbonyl (C=O) groups is 3. The fraction of sp³-hybridized carbons (Fsp3) is 0.292. The molecule has 0 atom stereocenters. The van der Waals surface area contributed by atoms with Gasteiger partial charge in [-0.05, 0) is 36.3 Å². The van der Waals surface area contributed by atoms with Crippen LogP contribution in [0.3, 0.4) is 0 Å². The lowest BCUT2D eigenvalue weighted by molar-refractivity contribution is -0.143. The first kappa shape index (κ1) is 25.4. The van der Waals surface area contributed by atoms with Gasteiger partial charge in [-0.15, -0.1) is 0 Å². The Bertz CT molecular complexity index is 945. The first-order valence-electron chi connectivity index (χ1n) is 10.4. The predicted octanol–water partition coefficient (Wildman–Crippen LogP) is 2.69. The molecule has 0 aliphatic rings. The quantitative estimate of drug-likeness (QED) is 0.287. The zero-order valence-electron chi connectivity index (χ0n) is 18.7. The maximum absolute atomic E-state index is 11.9. The Morgan fingerprint density at radius 1 is 1.00 bits per heavy atom. The molecule has 0 aliphatic heterocycles. The molecule has 33 heavy (non-hydrogen) atoms. The molecule has 0 saturated heterocycles. The number of ether oxygens (including phenoxy) is 4. The van der Waals surface area contributed by atoms with Gasteiger partial charge in [-0.25, -0.2) is 9.59 Å². The summed E-state index contributed by atoms with van der Waals surface area (Å²) >= 11 is 0. The molecule has 176 valence electrons. The van der Waals surface area contributed by atoms with Crippen LogP contribution in [0.25, 0.3) is 6.08 Å². The number of esters is 1. The smallest absolute Gasteiger partial charge is 0.331 e. The lowest BCUT2D eigenvalue weighted by Gasteiger charge is -2.12. The van der Waals surface area contributed by atoms with Crippen LogP contribution in [0.4, 0.5) is 4.79 Å². The van der Waals surface area contributed by atoms with Crippen LogP contribution in [0.5, 0.6) is 11.5 Å². The van der Waals surface area contributed by atoms with E-state index in [1.54, 1.807) is 18.2 Å². The maximum atomic E-state index is 11.9. The molecule has 0 saturated carbocycles. The number of imide groups is 1. The summed E-state index contributed by atoms with van der Waals surface area (Å²) in [6.45, 7) is 2.69. The monoisotopic (exact) mass is 456 g/mol. The van der Waals surface area contributed by atoms with E-state index in [-0.39, 0.29) is 6.54 Å². The van der Waals surface area contributed by atoms with Crippen molar-refractivity contribution in [3.63, 3.8) is 0 Å². The zero-order valence-corrected chi connectivity index (χ0v) is 18.7. The van der Waals surface area contributed by atoms with E-state index in [4.69, 9.17) is 18.9 Å². The van der Waals surface area contributed by atoms with Gasteiger partial charge in [0.1, 0.15) is 6.61 Å². The van der Waals surface area contributed by atoms with Gasteiger partial charge in [-0.3, -0.25) is 10.1 Å². The largest absolute Gasteiger partial charge is 0.490 e. The van der Waals surface area contributed by atoms with E-state index in [2.05, 4.69) is 5.32 Å². The van der Waals surface area contributed by atoms with E-state index < -0.39 is 24.5 Å². The molecule has 0 radical (unpaired) electrons. The number of methoxy groups -OCH3 is 1. The molecule has 9 nitrogen and oxygen atoms in total. The molecule has 0 unspecified atom stereocenters. The van der Waals surface area contributed by atoms with Gasteiger partial charge in [0.25, 0.3) is 5.91 Å². The number of amides is 3. The van der Waals surface area contributed by atoms with Gasteiger partial charge in [-0.2, -0.15) is 0 Å². The van der Waals surface area contributed by atoms with Crippen LogP contribution in [-0.2, 0) is 25.7 Å². The van der Waals surface area contributed by atoms with Gasteiger partial charge in [0, 0.05) is 19.7 Å². The Kier molecular flexibility index (Phi) is 11.0. The van der Waals surface area contributed by atoms with Crippen molar-refractivity contribution in [1.82, 2.24) is 10.6 Å². The molecular formula is C24H28N2O7. The molecule has 0 fully saturated rings. The van der Waals surface area contributed by atoms with E-state index in [0.29, 0.717) is 36.9 Å². The summed E-state index contributed by atoms with van der Waals surface area (Å²) in [5.74, 6) is -0.346. The number of rotatable bonds is 12. The Morgan fingerprint density at radius 3 is 2.52 bits per heavy atom. The second-order valence-corrected chi connectivity index (χ2v) is 6.65. The van der Waals surface area contributed by atoms with Crippen LogP contribution in [0.2, 0.25) is 0 Å². The van der Waals surface area contributed by atoms with Crippen molar-refractivity contribution in [2.75, 3.05) is 33.5 Å². The van der Waals surface area contributed by atoms with Crippen molar-refractivity contribution in [3.8, 4) is 11.5 Å². The van der Waals surface area contributed by atoms with E-state index in [9.17, 15) is 14.4 Å². The average Bonchev–Trinajstić information content (AvgIpc) is 2.82. The molecule has 0 spiro atoms. The summed E-state index contributed by atoms with van der Waals surface area (Å²) < 4.78 is 21.1. The molecule has 2 aromatic carbocycles. The second-order valence-electron chi connectivity index (χ2n) is 6.65. The van der Waals surface area contributed by atoms with Crippen LogP contribution in [0.1, 0.15) is 18.1 Å². The van der Waals surface area contributed by atoms with Crippen LogP contribution in [-0.4, -0.2) is 51.4 Å². The molecule has 0 heterocycles. The van der Waals surface area contributed by atoms with Crippen molar-refractivity contribution >= 4 is 24.0 Å². The van der Waals surface area contributed by atoms with Crippen LogP contribution in [0.15, 0.2) is 54.6 Å². The van der Waals surface area contributed by atoms with Crippen LogP contribution in [0, 0.1) is 0 Å². The SMILES string of the molecule is CCOc1cc(/C=C/C(=O)OCC(=O)NC(=O)NCCOC)ccc1OCc1ccccc1. The van der Waals surface area contributed by atoms with Gasteiger partial charge in [0.2, 0.25) is 0 Å². The number of hydrogen-bond acceptors (Lipinski definition) is 7. The van der Waals surface area contributed by atoms with Crippen molar-refractivity contribution in [3.05, 3.63) is 65.7 Å². The fourth-order valence-corrected chi connectivity index (χ4v) is 2.57. The van der Waals surface area contributed by atoms with Gasteiger partial charge in [0.05, 0.1) is 13.2 Å². The van der Waals surface area contributed by atoms with Gasteiger partial charge in [0.15, 0.2) is 18.1 Å². The van der Waals surface area contributed by atoms with Gasteiger partial charge in [-0.1, -0.05) is 36.4 Å². The highest BCUT2D eigenvalue weighted by molar-refractivity contribution is 5.96. The topological polar surface area (TPSA) is 112 Å². The zero-order chi connectivity index (χ0) is 23.9. The highest BCUT2D eigenvalue weighted by atomic mass is 16.5. The Labute approximate surface area is 192 Å². The van der Waals surface area contributed by atoms with Gasteiger partial charge >= 0.3 is 12.0 Å². The lowest BCUT2D eigenvalue weighted by atomic mass is 10.2. The van der Waals surface area contributed by atoms with E-state index in [1.807, 2.05) is 42.6 Å². The molecule has 2 rings (SSSR count). The number of hydrogen-bond donors (Lipinski definition) is 2. The Balaban J connectivity index is 1.86. The minimum atomic E-state index is -0.745. The highest BCUT2D eigenvalue weighted by Gasteiger charge is 2.10. The van der Waals surface area contributed by atoms with E-state index in [0.717, 1.165) is 5.56 Å². The molecule has 2 aromatic rings. The molecular weight excluding hydrogens is 428 g/mol. The van der Waals surface area contributed by atoms with Crippen LogP contribution < -0.4 is 20.1 Å². The summed E-state index contributed by atoms with van der Waals surface area (Å²) in [6.07, 6.45) is 2.71. The van der Waals surface area contributed by atoms with Crippen LogP contribution >= 0.6 is 0 Å². The molecule has 0 aliphatic carbocycles. The third kappa shape index (κ3) is 9.88. The van der Waals surface area contributed by atoms with E-state index >= 15 is 0 Å². The number of carbonyl (C=O) groups excluding carboxylic acids is 3. The summed E-state index contributed by atoms with van der Waals surface area (Å²) in [5.41, 5.74) is 1.72. The third-order valence-electron chi connectivity index (χ3n) is 4.11. The molecule has 9 heteroatoms. The first-order valence-corrected chi connectivity index (χ1v) is 10.4. The first-order chi connectivity index (χ1) is 16.0. The minimum absolute atomic E-state index is 0.248. The fourth-order valence-electron chi connectivity index (χ4n) is 2.57. The molecule has 3 amide bonds. The van der Waals surface area contributed by atoms with Gasteiger partial charge < -0.3 is 24.3 Å². The second kappa shape index (κ2) is 14.3. The number of urea groups is 1. The van der Waals surface area contributed by atoms with Crippen molar-refractivity contribution in [1.29, 1.82) is 0 Å². The summed E-state index contributed by atoms with van der Waals surface area (Å²) in [5, 5.41) is 4.46. The van der Waals surface area contributed by atoms with E-state index in [1.165, 1.54) is 19.3 Å². The lowest BCUT2D eigenvalue weighted by Crippen LogP contribution is -2.42. The predicted molar refractivity (Wildman–Crippen MR) is 122 cm³/mol. The summed E-state index contributed by atoms with van der Waals surface area (Å²) in [6, 6.07) is 14.3. The normalized spacial score (nSPS) is 10.5. The summed E-state index contributed by atoms with van der Waals surface area (Å²) in [4.78, 5) is 35.0. The van der Waals surface area contributed by atoms with Crippen molar-refractivity contribution < 1.29 is 33.3 Å². The number of nitrogens with one attached hydrogen (secondary N) is 2. The number of benzene rings is 2. The third-order valence-corrected chi connectivity index (χ3v) is 4.11. The molecule has 0 bridgehead atoms. The van der Waals surface area contributed by atoms with Crippen molar-refractivity contribution in [2.24, 2.45) is 0 Å². The molecule has 2 N–H and O–H groups in total. The minimum Gasteiger partial charge on any atom is -0.490 e. The van der Waals surface area contributed by atoms with Crippen molar-refractivity contribution in [2.45, 2.75) is 13.5 Å². The standard InChI is InChI=1S/C24H28N2O7/c1-3-31-21-15-18(9-11-20(21)32-16-19-7-5-4-6-8-19)10-12-23(28)33-17-22(27)26-24(29)25-13-14-30-2/h4-12,15H,3,13-14,16-17H2,1-2H3,(H2,25,26,27,29)/b12-10+. The molecule has 0 aromatic heterocycles. The maximum Gasteiger partial charge on any atom is 0.331 e.